The number of ether oxygens (including phenoxy) is 3. The van der Waals surface area contributed by atoms with E-state index in [0.29, 0.717) is 6.07 Å². The molecule has 0 spiro atoms. The van der Waals surface area contributed by atoms with Crippen molar-refractivity contribution in [2.75, 3.05) is 21.3 Å². The van der Waals surface area contributed by atoms with E-state index >= 15 is 0 Å². The minimum Gasteiger partial charge on any atom is -0.493 e. The zero-order chi connectivity index (χ0) is 21.8. The minimum atomic E-state index is -4.90. The smallest absolute Gasteiger partial charge is 0.417 e. The van der Waals surface area contributed by atoms with Crippen LogP contribution in [0.1, 0.15) is 15.9 Å². The van der Waals surface area contributed by atoms with E-state index < -0.39 is 32.6 Å². The van der Waals surface area contributed by atoms with Gasteiger partial charge in [0.15, 0.2) is 11.5 Å². The third kappa shape index (κ3) is 4.90. The first-order chi connectivity index (χ1) is 13.5. The number of hydrogen-bond acceptors (Lipinski definition) is 6. The molecule has 0 heterocycles. The average molecular weight is 434 g/mol. The maximum absolute atomic E-state index is 13.1. The Kier molecular flexibility index (Phi) is 6.59. The number of alkyl halides is 3. The highest BCUT2D eigenvalue weighted by Crippen LogP contribution is 2.38. The highest BCUT2D eigenvalue weighted by Gasteiger charge is 2.37. The van der Waals surface area contributed by atoms with Gasteiger partial charge in [0.1, 0.15) is 0 Å². The molecule has 12 heteroatoms. The van der Waals surface area contributed by atoms with Gasteiger partial charge in [0.25, 0.3) is 15.9 Å². The average Bonchev–Trinajstić information content (AvgIpc) is 2.70. The fourth-order valence-electron chi connectivity index (χ4n) is 2.39. The maximum Gasteiger partial charge on any atom is 0.417 e. The van der Waals surface area contributed by atoms with Crippen LogP contribution in [-0.4, -0.2) is 35.7 Å². The fraction of sp³-hybridized carbons (Fsp3) is 0.235. The number of hydrogen-bond donors (Lipinski definition) is 2. The van der Waals surface area contributed by atoms with Crippen LogP contribution >= 0.6 is 0 Å². The molecule has 158 valence electrons. The lowest BCUT2D eigenvalue weighted by molar-refractivity contribution is -0.139. The van der Waals surface area contributed by atoms with Gasteiger partial charge in [-0.1, -0.05) is 12.1 Å². The number of amides is 1. The third-order valence-corrected chi connectivity index (χ3v) is 5.01. The first-order valence-electron chi connectivity index (χ1n) is 7.83. The lowest BCUT2D eigenvalue weighted by Crippen LogP contribution is -2.42. The van der Waals surface area contributed by atoms with Crippen LogP contribution in [0.3, 0.4) is 0 Å². The van der Waals surface area contributed by atoms with E-state index in [1.54, 1.807) is 4.83 Å². The zero-order valence-corrected chi connectivity index (χ0v) is 16.3. The van der Waals surface area contributed by atoms with Crippen molar-refractivity contribution in [2.45, 2.75) is 11.1 Å². The summed E-state index contributed by atoms with van der Waals surface area (Å²) >= 11 is 0. The molecule has 0 aliphatic carbocycles. The van der Waals surface area contributed by atoms with Crippen molar-refractivity contribution in [2.24, 2.45) is 0 Å². The highest BCUT2D eigenvalue weighted by molar-refractivity contribution is 7.89. The molecule has 0 unspecified atom stereocenters. The first-order valence-corrected chi connectivity index (χ1v) is 9.31. The standard InChI is InChI=1S/C17H17F3N2O6S/c1-26-12-8-10(9-13(27-2)15(12)28-3)16(23)21-22-29(24,25)14-7-5-4-6-11(14)17(18,19)20/h4-9,22H,1-3H3,(H,21,23). The molecule has 2 aromatic carbocycles. The van der Waals surface area contributed by atoms with E-state index in [0.717, 1.165) is 18.2 Å². The van der Waals surface area contributed by atoms with Crippen LogP contribution in [0.5, 0.6) is 17.2 Å². The van der Waals surface area contributed by atoms with Crippen LogP contribution in [0.4, 0.5) is 13.2 Å². The Morgan fingerprint density at radius 2 is 1.52 bits per heavy atom. The van der Waals surface area contributed by atoms with E-state index in [1.807, 2.05) is 5.43 Å². The summed E-state index contributed by atoms with van der Waals surface area (Å²) in [5, 5.41) is 0. The van der Waals surface area contributed by atoms with Gasteiger partial charge in [0.05, 0.1) is 31.8 Å². The Morgan fingerprint density at radius 1 is 0.966 bits per heavy atom. The van der Waals surface area contributed by atoms with Gasteiger partial charge < -0.3 is 14.2 Å². The number of hydrazine groups is 1. The van der Waals surface area contributed by atoms with Gasteiger partial charge >= 0.3 is 6.18 Å². The van der Waals surface area contributed by atoms with Crippen molar-refractivity contribution in [3.05, 3.63) is 47.5 Å². The van der Waals surface area contributed by atoms with Crippen molar-refractivity contribution in [3.8, 4) is 17.2 Å². The summed E-state index contributed by atoms with van der Waals surface area (Å²) in [7, 11) is -0.726. The molecule has 0 saturated heterocycles. The number of methoxy groups -OCH3 is 3. The van der Waals surface area contributed by atoms with E-state index in [2.05, 4.69) is 0 Å². The molecule has 0 atom stereocenters. The van der Waals surface area contributed by atoms with Gasteiger partial charge in [0, 0.05) is 5.56 Å². The summed E-state index contributed by atoms with van der Waals surface area (Å²) in [6.45, 7) is 0. The molecule has 0 aliphatic heterocycles. The fourth-order valence-corrected chi connectivity index (χ4v) is 3.46. The Bertz CT molecular complexity index is 983. The van der Waals surface area contributed by atoms with Crippen LogP contribution in [0.2, 0.25) is 0 Å². The molecule has 2 aromatic rings. The molecule has 8 nitrogen and oxygen atoms in total. The molecule has 0 aromatic heterocycles. The number of sulfonamides is 1. The monoisotopic (exact) mass is 434 g/mol. The molecule has 0 radical (unpaired) electrons. The maximum atomic E-state index is 13.1. The van der Waals surface area contributed by atoms with Crippen LogP contribution in [0.25, 0.3) is 0 Å². The van der Waals surface area contributed by atoms with Crippen molar-refractivity contribution in [1.82, 2.24) is 10.3 Å². The van der Waals surface area contributed by atoms with Crippen LogP contribution < -0.4 is 24.5 Å². The van der Waals surface area contributed by atoms with Gasteiger partial charge in [-0.2, -0.15) is 13.2 Å². The molecule has 2 rings (SSSR count). The second kappa shape index (κ2) is 8.57. The lowest BCUT2D eigenvalue weighted by atomic mass is 10.1. The van der Waals surface area contributed by atoms with Crippen molar-refractivity contribution < 1.29 is 40.6 Å². The number of rotatable bonds is 7. The zero-order valence-electron chi connectivity index (χ0n) is 15.5. The lowest BCUT2D eigenvalue weighted by Gasteiger charge is -2.15. The SMILES string of the molecule is COc1cc(C(=O)NNS(=O)(=O)c2ccccc2C(F)(F)F)cc(OC)c1OC. The van der Waals surface area contributed by atoms with Gasteiger partial charge in [-0.25, -0.2) is 8.42 Å². The van der Waals surface area contributed by atoms with E-state index in [1.165, 1.54) is 33.5 Å². The second-order valence-corrected chi connectivity index (χ2v) is 7.12. The normalized spacial score (nSPS) is 11.7. The summed E-state index contributed by atoms with van der Waals surface area (Å²) in [6, 6.07) is 6.07. The summed E-state index contributed by atoms with van der Waals surface area (Å²) in [5.41, 5.74) is 0.403. The molecule has 0 fully saturated rings. The first kappa shape index (κ1) is 22.3. The molecular formula is C17H17F3N2O6S. The van der Waals surface area contributed by atoms with E-state index in [9.17, 15) is 26.4 Å². The van der Waals surface area contributed by atoms with Crippen LogP contribution in [0, 0.1) is 0 Å². The number of carbonyl (C=O) groups is 1. The van der Waals surface area contributed by atoms with E-state index in [-0.39, 0.29) is 22.8 Å². The number of benzene rings is 2. The Labute approximate surface area is 164 Å². The predicted molar refractivity (Wildman–Crippen MR) is 95.3 cm³/mol. The summed E-state index contributed by atoms with van der Waals surface area (Å²) in [5.74, 6) is -0.506. The Balaban J connectivity index is 2.30. The van der Waals surface area contributed by atoms with Gasteiger partial charge in [0.2, 0.25) is 5.75 Å². The Morgan fingerprint density at radius 3 is 2.00 bits per heavy atom. The minimum absolute atomic E-state index is 0.0914. The number of halogens is 3. The quantitative estimate of drug-likeness (QED) is 0.649. The molecule has 0 saturated carbocycles. The topological polar surface area (TPSA) is 103 Å². The summed E-state index contributed by atoms with van der Waals surface area (Å²) < 4.78 is 79.0. The predicted octanol–water partition coefficient (Wildman–Crippen LogP) is 2.35. The number of carbonyl (C=O) groups excluding carboxylic acids is 1. The largest absolute Gasteiger partial charge is 0.493 e. The van der Waals surface area contributed by atoms with Crippen LogP contribution in [-0.2, 0) is 16.2 Å². The van der Waals surface area contributed by atoms with Crippen LogP contribution in [0.15, 0.2) is 41.3 Å². The molecule has 1 amide bonds. The third-order valence-electron chi connectivity index (χ3n) is 3.71. The molecule has 29 heavy (non-hydrogen) atoms. The Hall–Kier alpha value is -2.99. The number of nitrogens with one attached hydrogen (secondary N) is 2. The van der Waals surface area contributed by atoms with Gasteiger partial charge in [-0.3, -0.25) is 10.2 Å². The molecule has 2 N–H and O–H groups in total. The van der Waals surface area contributed by atoms with Gasteiger partial charge in [-0.15, -0.1) is 4.83 Å². The molecule has 0 bridgehead atoms. The highest BCUT2D eigenvalue weighted by atomic mass is 32.2. The summed E-state index contributed by atoms with van der Waals surface area (Å²) in [4.78, 5) is 12.9. The second-order valence-electron chi connectivity index (χ2n) is 5.47. The summed E-state index contributed by atoms with van der Waals surface area (Å²) in [6.07, 6.45) is -4.90. The van der Waals surface area contributed by atoms with Crippen molar-refractivity contribution in [3.63, 3.8) is 0 Å². The molecule has 0 aliphatic rings. The van der Waals surface area contributed by atoms with E-state index in [4.69, 9.17) is 14.2 Å². The molecular weight excluding hydrogens is 417 g/mol. The van der Waals surface area contributed by atoms with Gasteiger partial charge in [-0.05, 0) is 24.3 Å². The van der Waals surface area contributed by atoms with Crippen molar-refractivity contribution in [1.29, 1.82) is 0 Å². The van der Waals surface area contributed by atoms with Crippen molar-refractivity contribution >= 4 is 15.9 Å².